The summed E-state index contributed by atoms with van der Waals surface area (Å²) in [6, 6.07) is 2.77. The number of hydrogen-bond donors (Lipinski definition) is 1. The Morgan fingerprint density at radius 1 is 1.11 bits per heavy atom. The Balaban J connectivity index is 2.42. The van der Waals surface area contributed by atoms with E-state index in [-0.39, 0.29) is 17.2 Å². The van der Waals surface area contributed by atoms with Crippen molar-refractivity contribution in [1.29, 1.82) is 0 Å². The predicted octanol–water partition coefficient (Wildman–Crippen LogP) is 3.38. The van der Waals surface area contributed by atoms with Gasteiger partial charge in [0.25, 0.3) is 0 Å². The first-order chi connectivity index (χ1) is 9.10. The molecule has 1 heterocycles. The first-order valence-corrected chi connectivity index (χ1v) is 5.83. The molecule has 0 atom stereocenters. The minimum Gasteiger partial charge on any atom is -0.354 e. The highest BCUT2D eigenvalue weighted by atomic mass is 19.1. The van der Waals surface area contributed by atoms with Gasteiger partial charge in [-0.2, -0.15) is 0 Å². The van der Waals surface area contributed by atoms with Crippen LogP contribution < -0.4 is 5.32 Å². The van der Waals surface area contributed by atoms with E-state index in [0.29, 0.717) is 6.54 Å². The van der Waals surface area contributed by atoms with Crippen LogP contribution in [0.4, 0.5) is 19.1 Å². The minimum atomic E-state index is -0.781. The van der Waals surface area contributed by atoms with Crippen LogP contribution in [0.25, 0.3) is 11.3 Å². The maximum atomic E-state index is 13.6. The second-order valence-electron chi connectivity index (χ2n) is 3.98. The van der Waals surface area contributed by atoms with Crippen molar-refractivity contribution in [3.63, 3.8) is 0 Å². The standard InChI is InChI=1S/C13H12F3N3/c1-2-3-17-13-18-7-11(16)12(19-13)8-4-9(14)6-10(15)5-8/h4-7H,2-3H2,1H3,(H,17,18,19). The Hall–Kier alpha value is -2.11. The van der Waals surface area contributed by atoms with E-state index in [4.69, 9.17) is 0 Å². The lowest BCUT2D eigenvalue weighted by molar-refractivity contribution is 0.582. The molecule has 100 valence electrons. The maximum absolute atomic E-state index is 13.6. The van der Waals surface area contributed by atoms with Gasteiger partial charge in [-0.3, -0.25) is 0 Å². The van der Waals surface area contributed by atoms with Crippen LogP contribution in [0.2, 0.25) is 0 Å². The second kappa shape index (κ2) is 5.69. The van der Waals surface area contributed by atoms with Crippen LogP contribution in [-0.4, -0.2) is 16.5 Å². The fourth-order valence-electron chi connectivity index (χ4n) is 1.58. The van der Waals surface area contributed by atoms with E-state index in [1.165, 1.54) is 0 Å². The zero-order chi connectivity index (χ0) is 13.8. The second-order valence-corrected chi connectivity index (χ2v) is 3.98. The van der Waals surface area contributed by atoms with Gasteiger partial charge in [0.1, 0.15) is 17.3 Å². The molecular formula is C13H12F3N3. The largest absolute Gasteiger partial charge is 0.354 e. The van der Waals surface area contributed by atoms with Crippen LogP contribution in [0, 0.1) is 17.5 Å². The lowest BCUT2D eigenvalue weighted by Gasteiger charge is -2.07. The molecule has 0 aliphatic rings. The van der Waals surface area contributed by atoms with Gasteiger partial charge >= 0.3 is 0 Å². The Morgan fingerprint density at radius 2 is 1.79 bits per heavy atom. The SMILES string of the molecule is CCCNc1ncc(F)c(-c2cc(F)cc(F)c2)n1. The number of rotatable bonds is 4. The normalized spacial score (nSPS) is 10.5. The van der Waals surface area contributed by atoms with Crippen LogP contribution in [0.15, 0.2) is 24.4 Å². The van der Waals surface area contributed by atoms with Crippen LogP contribution in [-0.2, 0) is 0 Å². The van der Waals surface area contributed by atoms with E-state index < -0.39 is 17.5 Å². The molecule has 1 aromatic carbocycles. The molecule has 2 rings (SSSR count). The van der Waals surface area contributed by atoms with Crippen LogP contribution in [0.1, 0.15) is 13.3 Å². The molecular weight excluding hydrogens is 255 g/mol. The average Bonchev–Trinajstić information content (AvgIpc) is 2.36. The summed E-state index contributed by atoms with van der Waals surface area (Å²) in [5.41, 5.74) is -0.0936. The van der Waals surface area contributed by atoms with Crippen molar-refractivity contribution in [1.82, 2.24) is 9.97 Å². The molecule has 0 aliphatic heterocycles. The Bertz CT molecular complexity index is 567. The van der Waals surface area contributed by atoms with E-state index in [0.717, 1.165) is 30.8 Å². The Kier molecular flexibility index (Phi) is 3.99. The first kappa shape index (κ1) is 13.3. The fraction of sp³-hybridized carbons (Fsp3) is 0.231. The van der Waals surface area contributed by atoms with E-state index in [1.54, 1.807) is 0 Å². The van der Waals surface area contributed by atoms with Crippen molar-refractivity contribution in [3.05, 3.63) is 41.8 Å². The summed E-state index contributed by atoms with van der Waals surface area (Å²) >= 11 is 0. The molecule has 3 nitrogen and oxygen atoms in total. The lowest BCUT2D eigenvalue weighted by Crippen LogP contribution is -2.06. The number of hydrogen-bond acceptors (Lipinski definition) is 3. The summed E-state index contributed by atoms with van der Waals surface area (Å²) in [7, 11) is 0. The van der Waals surface area contributed by atoms with Gasteiger partial charge in [-0.15, -0.1) is 0 Å². The monoisotopic (exact) mass is 267 g/mol. The molecule has 0 aliphatic carbocycles. The molecule has 0 amide bonds. The number of halogens is 3. The van der Waals surface area contributed by atoms with Gasteiger partial charge in [0.15, 0.2) is 5.82 Å². The molecule has 0 saturated carbocycles. The zero-order valence-corrected chi connectivity index (χ0v) is 10.3. The van der Waals surface area contributed by atoms with Crippen molar-refractivity contribution in [2.45, 2.75) is 13.3 Å². The van der Waals surface area contributed by atoms with Crippen LogP contribution in [0.3, 0.4) is 0 Å². The molecule has 0 radical (unpaired) electrons. The number of benzene rings is 1. The van der Waals surface area contributed by atoms with Gasteiger partial charge in [-0.05, 0) is 18.6 Å². The van der Waals surface area contributed by atoms with E-state index in [9.17, 15) is 13.2 Å². The summed E-state index contributed by atoms with van der Waals surface area (Å²) in [6.07, 6.45) is 1.83. The summed E-state index contributed by atoms with van der Waals surface area (Å²) in [6.45, 7) is 2.59. The third-order valence-corrected chi connectivity index (χ3v) is 2.41. The highest BCUT2D eigenvalue weighted by Gasteiger charge is 2.11. The predicted molar refractivity (Wildman–Crippen MR) is 66.1 cm³/mol. The van der Waals surface area contributed by atoms with Crippen molar-refractivity contribution in [2.24, 2.45) is 0 Å². The van der Waals surface area contributed by atoms with E-state index in [2.05, 4.69) is 15.3 Å². The average molecular weight is 267 g/mol. The lowest BCUT2D eigenvalue weighted by atomic mass is 10.1. The summed E-state index contributed by atoms with van der Waals surface area (Å²) in [4.78, 5) is 7.69. The molecule has 1 N–H and O–H groups in total. The number of aromatic nitrogens is 2. The van der Waals surface area contributed by atoms with Crippen molar-refractivity contribution < 1.29 is 13.2 Å². The number of nitrogens with zero attached hydrogens (tertiary/aromatic N) is 2. The first-order valence-electron chi connectivity index (χ1n) is 5.83. The van der Waals surface area contributed by atoms with Gasteiger partial charge in [-0.1, -0.05) is 6.92 Å². The van der Waals surface area contributed by atoms with Crippen molar-refractivity contribution in [3.8, 4) is 11.3 Å². The topological polar surface area (TPSA) is 37.8 Å². The molecule has 0 fully saturated rings. The van der Waals surface area contributed by atoms with Crippen LogP contribution in [0.5, 0.6) is 0 Å². The Labute approximate surface area is 108 Å². The van der Waals surface area contributed by atoms with Gasteiger partial charge in [-0.25, -0.2) is 23.1 Å². The van der Waals surface area contributed by atoms with Gasteiger partial charge in [0, 0.05) is 18.2 Å². The number of anilines is 1. The van der Waals surface area contributed by atoms with E-state index in [1.807, 2.05) is 6.92 Å². The minimum absolute atomic E-state index is 0.0388. The highest BCUT2D eigenvalue weighted by Crippen LogP contribution is 2.23. The molecule has 0 spiro atoms. The highest BCUT2D eigenvalue weighted by molar-refractivity contribution is 5.60. The summed E-state index contributed by atoms with van der Waals surface area (Å²) < 4.78 is 39.9. The van der Waals surface area contributed by atoms with Crippen molar-refractivity contribution >= 4 is 5.95 Å². The number of nitrogens with one attached hydrogen (secondary N) is 1. The van der Waals surface area contributed by atoms with Crippen molar-refractivity contribution in [2.75, 3.05) is 11.9 Å². The molecule has 0 bridgehead atoms. The van der Waals surface area contributed by atoms with Gasteiger partial charge in [0.05, 0.1) is 6.20 Å². The third-order valence-electron chi connectivity index (χ3n) is 2.41. The third kappa shape index (κ3) is 3.21. The smallest absolute Gasteiger partial charge is 0.223 e. The van der Waals surface area contributed by atoms with Gasteiger partial charge in [0.2, 0.25) is 5.95 Å². The fourth-order valence-corrected chi connectivity index (χ4v) is 1.58. The molecule has 0 unspecified atom stereocenters. The van der Waals surface area contributed by atoms with E-state index >= 15 is 0 Å². The molecule has 6 heteroatoms. The van der Waals surface area contributed by atoms with Gasteiger partial charge < -0.3 is 5.32 Å². The summed E-state index contributed by atoms with van der Waals surface area (Å²) in [5, 5.41) is 2.88. The summed E-state index contributed by atoms with van der Waals surface area (Å²) in [5.74, 6) is -2.07. The zero-order valence-electron chi connectivity index (χ0n) is 10.3. The maximum Gasteiger partial charge on any atom is 0.223 e. The molecule has 2 aromatic rings. The Morgan fingerprint density at radius 3 is 2.42 bits per heavy atom. The molecule has 0 saturated heterocycles. The quantitative estimate of drug-likeness (QED) is 0.922. The van der Waals surface area contributed by atoms with Crippen LogP contribution >= 0.6 is 0 Å². The molecule has 19 heavy (non-hydrogen) atoms. The molecule has 1 aromatic heterocycles.